The normalized spacial score (nSPS) is 16.2. The van der Waals surface area contributed by atoms with Crippen molar-refractivity contribution in [1.82, 2.24) is 14.5 Å². The predicted octanol–water partition coefficient (Wildman–Crippen LogP) is 5.43. The van der Waals surface area contributed by atoms with E-state index in [4.69, 9.17) is 11.6 Å². The van der Waals surface area contributed by atoms with E-state index < -0.39 is 0 Å². The van der Waals surface area contributed by atoms with Crippen molar-refractivity contribution in [3.05, 3.63) is 104 Å². The molecule has 1 fully saturated rings. The number of aryl methyl sites for hydroxylation is 1. The number of benzene rings is 2. The summed E-state index contributed by atoms with van der Waals surface area (Å²) in [5, 5.41) is 9.51. The number of hydrogen-bond acceptors (Lipinski definition) is 5. The number of nitrogens with zero attached hydrogens (tertiary/aromatic N) is 5. The van der Waals surface area contributed by atoms with Crippen molar-refractivity contribution in [2.45, 2.75) is 25.4 Å². The molecular formula is C29H26ClF2N5O. The first-order chi connectivity index (χ1) is 18.3. The number of rotatable bonds is 5. The Bertz CT molecular complexity index is 1540. The molecule has 4 aromatic rings. The molecule has 0 bridgehead atoms. The molecule has 1 aliphatic rings. The van der Waals surface area contributed by atoms with Crippen LogP contribution in [0.3, 0.4) is 0 Å². The third kappa shape index (κ3) is 4.64. The third-order valence-corrected chi connectivity index (χ3v) is 7.63. The smallest absolute Gasteiger partial charge is 0.271 e. The molecule has 6 nitrogen and oxygen atoms in total. The Morgan fingerprint density at radius 1 is 1.03 bits per heavy atom. The number of halogens is 3. The fourth-order valence-corrected chi connectivity index (χ4v) is 5.69. The average Bonchev–Trinajstić information content (AvgIpc) is 2.94. The maximum atomic E-state index is 13.8. The molecule has 0 spiro atoms. The Labute approximate surface area is 224 Å². The number of anilines is 1. The van der Waals surface area contributed by atoms with E-state index in [0.29, 0.717) is 36.4 Å². The van der Waals surface area contributed by atoms with Crippen LogP contribution in [0.5, 0.6) is 0 Å². The van der Waals surface area contributed by atoms with Gasteiger partial charge in [-0.15, -0.1) is 0 Å². The van der Waals surface area contributed by atoms with Gasteiger partial charge in [0.25, 0.3) is 5.56 Å². The monoisotopic (exact) mass is 533 g/mol. The molecule has 0 unspecified atom stereocenters. The van der Waals surface area contributed by atoms with E-state index in [0.717, 1.165) is 17.5 Å². The summed E-state index contributed by atoms with van der Waals surface area (Å²) in [7, 11) is 1.64. The molecule has 0 saturated carbocycles. The van der Waals surface area contributed by atoms with E-state index in [9.17, 15) is 18.8 Å². The fraction of sp³-hybridized carbons (Fsp3) is 0.276. The van der Waals surface area contributed by atoms with Crippen LogP contribution in [0.25, 0.3) is 11.0 Å². The van der Waals surface area contributed by atoms with Gasteiger partial charge in [-0.2, -0.15) is 5.26 Å². The molecule has 5 rings (SSSR count). The number of piperazine rings is 1. The van der Waals surface area contributed by atoms with Crippen LogP contribution in [-0.2, 0) is 7.05 Å². The summed E-state index contributed by atoms with van der Waals surface area (Å²) in [6.45, 7) is 3.78. The Morgan fingerprint density at radius 2 is 1.63 bits per heavy atom. The molecule has 0 N–H and O–H groups in total. The maximum Gasteiger partial charge on any atom is 0.271 e. The molecule has 0 radical (unpaired) electrons. The number of pyridine rings is 2. The average molecular weight is 534 g/mol. The van der Waals surface area contributed by atoms with Crippen molar-refractivity contribution in [3.8, 4) is 6.07 Å². The molecule has 2 aromatic carbocycles. The van der Waals surface area contributed by atoms with Gasteiger partial charge in [0.05, 0.1) is 17.2 Å². The molecule has 0 amide bonds. The van der Waals surface area contributed by atoms with Crippen LogP contribution in [0, 0.1) is 23.0 Å². The zero-order valence-electron chi connectivity index (χ0n) is 21.0. The lowest BCUT2D eigenvalue weighted by Gasteiger charge is -2.46. The lowest BCUT2D eigenvalue weighted by Crippen LogP contribution is -2.54. The van der Waals surface area contributed by atoms with Crippen molar-refractivity contribution in [1.29, 1.82) is 5.26 Å². The van der Waals surface area contributed by atoms with Gasteiger partial charge in [-0.25, -0.2) is 13.8 Å². The molecule has 194 valence electrons. The largest absolute Gasteiger partial charge is 0.365 e. The van der Waals surface area contributed by atoms with Gasteiger partial charge in [-0.1, -0.05) is 42.8 Å². The quantitative estimate of drug-likeness (QED) is 0.342. The van der Waals surface area contributed by atoms with E-state index in [1.165, 1.54) is 28.8 Å². The summed E-state index contributed by atoms with van der Waals surface area (Å²) in [6.07, 6.45) is 0.784. The summed E-state index contributed by atoms with van der Waals surface area (Å²) in [4.78, 5) is 21.9. The summed E-state index contributed by atoms with van der Waals surface area (Å²) >= 11 is 6.64. The molecule has 3 heterocycles. The zero-order chi connectivity index (χ0) is 27.0. The molecule has 1 saturated heterocycles. The predicted molar refractivity (Wildman–Crippen MR) is 144 cm³/mol. The van der Waals surface area contributed by atoms with Gasteiger partial charge in [0.1, 0.15) is 33.9 Å². The van der Waals surface area contributed by atoms with Gasteiger partial charge in [0, 0.05) is 32.7 Å². The van der Waals surface area contributed by atoms with Gasteiger partial charge in [0.2, 0.25) is 0 Å². The molecule has 0 aliphatic carbocycles. The minimum absolute atomic E-state index is 0.0261. The number of fused-ring (bicyclic) bond motifs is 1. The first-order valence-corrected chi connectivity index (χ1v) is 12.8. The summed E-state index contributed by atoms with van der Waals surface area (Å²) in [5.74, 6) is -0.639. The van der Waals surface area contributed by atoms with Crippen molar-refractivity contribution in [2.24, 2.45) is 7.05 Å². The minimum Gasteiger partial charge on any atom is -0.365 e. The topological polar surface area (TPSA) is 65.2 Å². The molecule has 9 heteroatoms. The van der Waals surface area contributed by atoms with Crippen molar-refractivity contribution < 1.29 is 8.78 Å². The van der Waals surface area contributed by atoms with Crippen molar-refractivity contribution in [2.75, 3.05) is 24.5 Å². The van der Waals surface area contributed by atoms with Crippen LogP contribution >= 0.6 is 11.6 Å². The van der Waals surface area contributed by atoms with Crippen LogP contribution in [-0.4, -0.2) is 40.1 Å². The van der Waals surface area contributed by atoms with Gasteiger partial charge >= 0.3 is 0 Å². The molecule has 2 aromatic heterocycles. The second-order valence-corrected chi connectivity index (χ2v) is 9.83. The highest BCUT2D eigenvalue weighted by Gasteiger charge is 2.35. The van der Waals surface area contributed by atoms with Gasteiger partial charge in [-0.3, -0.25) is 9.69 Å². The second-order valence-electron chi connectivity index (χ2n) is 9.45. The summed E-state index contributed by atoms with van der Waals surface area (Å²) in [6, 6.07) is 18.0. The Balaban J connectivity index is 1.57. The van der Waals surface area contributed by atoms with Crippen LogP contribution in [0.15, 0.2) is 65.5 Å². The SMILES string of the molecule is CC[C@@H]1CN(c2c(Cl)c(=O)n(C)c3ccc(C#N)nc23)CCN1C(c1ccc(F)cc1)c1ccc(F)cc1. The van der Waals surface area contributed by atoms with Crippen LogP contribution in [0.1, 0.15) is 36.2 Å². The summed E-state index contributed by atoms with van der Waals surface area (Å²) in [5.41, 5.74) is 3.36. The lowest BCUT2D eigenvalue weighted by molar-refractivity contribution is 0.135. The number of hydrogen-bond donors (Lipinski definition) is 0. The van der Waals surface area contributed by atoms with E-state index in [1.807, 2.05) is 0 Å². The standard InChI is InChI=1S/C29H26ClF2N5O/c1-3-23-17-36(28-25(30)29(38)35(2)24-13-12-22(16-33)34-26(24)28)14-15-37(23)27(18-4-8-20(31)9-5-18)19-6-10-21(32)11-7-19/h4-13,23,27H,3,14-15,17H2,1-2H3/t23-/m1/s1. The Hall–Kier alpha value is -3.80. The van der Waals surface area contributed by atoms with E-state index in [1.54, 1.807) is 43.4 Å². The van der Waals surface area contributed by atoms with E-state index in [2.05, 4.69) is 27.8 Å². The lowest BCUT2D eigenvalue weighted by atomic mass is 9.93. The number of nitriles is 1. The molecule has 1 atom stereocenters. The highest BCUT2D eigenvalue weighted by molar-refractivity contribution is 6.34. The van der Waals surface area contributed by atoms with Gasteiger partial charge < -0.3 is 9.47 Å². The highest BCUT2D eigenvalue weighted by Crippen LogP contribution is 2.37. The van der Waals surface area contributed by atoms with Gasteiger partial charge in [0.15, 0.2) is 0 Å². The second kappa shape index (κ2) is 10.5. The van der Waals surface area contributed by atoms with Crippen molar-refractivity contribution >= 4 is 28.3 Å². The third-order valence-electron chi connectivity index (χ3n) is 7.29. The fourth-order valence-electron chi connectivity index (χ4n) is 5.35. The first kappa shape index (κ1) is 25.8. The highest BCUT2D eigenvalue weighted by atomic mass is 35.5. The minimum atomic E-state index is -0.327. The zero-order valence-corrected chi connectivity index (χ0v) is 21.8. The van der Waals surface area contributed by atoms with E-state index in [-0.39, 0.29) is 40.0 Å². The molecule has 38 heavy (non-hydrogen) atoms. The van der Waals surface area contributed by atoms with Gasteiger partial charge in [-0.05, 0) is 53.9 Å². The summed E-state index contributed by atoms with van der Waals surface area (Å²) < 4.78 is 29.0. The first-order valence-electron chi connectivity index (χ1n) is 12.4. The van der Waals surface area contributed by atoms with Crippen LogP contribution < -0.4 is 10.5 Å². The Kier molecular flexibility index (Phi) is 7.15. The van der Waals surface area contributed by atoms with E-state index >= 15 is 0 Å². The molecule has 1 aliphatic heterocycles. The maximum absolute atomic E-state index is 13.8. The van der Waals surface area contributed by atoms with Crippen molar-refractivity contribution in [3.63, 3.8) is 0 Å². The molecular weight excluding hydrogens is 508 g/mol. The van der Waals surface area contributed by atoms with Crippen LogP contribution in [0.4, 0.5) is 14.5 Å². The Morgan fingerprint density at radius 3 is 2.18 bits per heavy atom. The van der Waals surface area contributed by atoms with Crippen LogP contribution in [0.2, 0.25) is 5.02 Å². The number of aromatic nitrogens is 2.